The number of fused-ring (bicyclic) bond motifs is 1. The van der Waals surface area contributed by atoms with Gasteiger partial charge in [0.05, 0.1) is 5.52 Å². The van der Waals surface area contributed by atoms with Gasteiger partial charge in [-0.3, -0.25) is 4.98 Å². The zero-order valence-corrected chi connectivity index (χ0v) is 12.6. The Morgan fingerprint density at radius 2 is 1.85 bits per heavy atom. The Morgan fingerprint density at radius 1 is 1.00 bits per heavy atom. The fourth-order valence-electron chi connectivity index (χ4n) is 2.26. The van der Waals surface area contributed by atoms with Crippen LogP contribution < -0.4 is 5.32 Å². The van der Waals surface area contributed by atoms with Crippen LogP contribution in [0.5, 0.6) is 0 Å². The molecule has 0 radical (unpaired) electrons. The SMILES string of the molecule is Brc1ccc2nccc(NCCc3ccccc3)c2c1. The summed E-state index contributed by atoms with van der Waals surface area (Å²) in [5, 5.41) is 4.65. The monoisotopic (exact) mass is 326 g/mol. The Bertz CT molecular complexity index is 711. The van der Waals surface area contributed by atoms with Gasteiger partial charge in [0.1, 0.15) is 0 Å². The zero-order chi connectivity index (χ0) is 13.8. The molecule has 0 aliphatic carbocycles. The smallest absolute Gasteiger partial charge is 0.0723 e. The zero-order valence-electron chi connectivity index (χ0n) is 11.0. The lowest BCUT2D eigenvalue weighted by Gasteiger charge is -2.09. The number of halogens is 1. The molecule has 100 valence electrons. The number of nitrogens with one attached hydrogen (secondary N) is 1. The van der Waals surface area contributed by atoms with Gasteiger partial charge in [0, 0.05) is 28.3 Å². The molecule has 0 saturated carbocycles. The van der Waals surface area contributed by atoms with Crippen molar-refractivity contribution in [3.05, 3.63) is 70.8 Å². The third kappa shape index (κ3) is 2.99. The van der Waals surface area contributed by atoms with Crippen molar-refractivity contribution in [3.63, 3.8) is 0 Å². The van der Waals surface area contributed by atoms with Crippen molar-refractivity contribution in [2.45, 2.75) is 6.42 Å². The molecule has 0 bridgehead atoms. The largest absolute Gasteiger partial charge is 0.384 e. The predicted molar refractivity (Wildman–Crippen MR) is 88.1 cm³/mol. The Hall–Kier alpha value is -1.87. The van der Waals surface area contributed by atoms with Crippen LogP contribution in [0.4, 0.5) is 5.69 Å². The molecule has 1 N–H and O–H groups in total. The molecule has 3 rings (SSSR count). The normalized spacial score (nSPS) is 10.7. The highest BCUT2D eigenvalue weighted by Gasteiger charge is 2.02. The quantitative estimate of drug-likeness (QED) is 0.754. The maximum atomic E-state index is 4.39. The molecule has 2 aromatic carbocycles. The molecule has 0 spiro atoms. The van der Waals surface area contributed by atoms with Gasteiger partial charge in [-0.15, -0.1) is 0 Å². The van der Waals surface area contributed by atoms with Gasteiger partial charge in [-0.2, -0.15) is 0 Å². The predicted octanol–water partition coefficient (Wildman–Crippen LogP) is 4.65. The molecule has 1 heterocycles. The molecule has 0 atom stereocenters. The summed E-state index contributed by atoms with van der Waals surface area (Å²) in [7, 11) is 0. The number of hydrogen-bond acceptors (Lipinski definition) is 2. The van der Waals surface area contributed by atoms with Gasteiger partial charge in [0.2, 0.25) is 0 Å². The summed E-state index contributed by atoms with van der Waals surface area (Å²) < 4.78 is 1.07. The van der Waals surface area contributed by atoms with E-state index in [2.05, 4.69) is 56.6 Å². The van der Waals surface area contributed by atoms with Gasteiger partial charge in [-0.25, -0.2) is 0 Å². The number of anilines is 1. The summed E-state index contributed by atoms with van der Waals surface area (Å²) in [5.74, 6) is 0. The van der Waals surface area contributed by atoms with Crippen LogP contribution in [-0.4, -0.2) is 11.5 Å². The molecule has 0 fully saturated rings. The van der Waals surface area contributed by atoms with Crippen molar-refractivity contribution < 1.29 is 0 Å². The van der Waals surface area contributed by atoms with E-state index in [1.165, 1.54) is 5.56 Å². The second-order valence-electron chi connectivity index (χ2n) is 4.68. The molecule has 0 unspecified atom stereocenters. The molecule has 0 aliphatic rings. The van der Waals surface area contributed by atoms with Gasteiger partial charge in [-0.05, 0) is 36.2 Å². The highest BCUT2D eigenvalue weighted by atomic mass is 79.9. The van der Waals surface area contributed by atoms with Gasteiger partial charge in [0.25, 0.3) is 0 Å². The second-order valence-corrected chi connectivity index (χ2v) is 5.60. The molecule has 0 aliphatic heterocycles. The molecule has 20 heavy (non-hydrogen) atoms. The summed E-state index contributed by atoms with van der Waals surface area (Å²) in [6.07, 6.45) is 2.86. The lowest BCUT2D eigenvalue weighted by molar-refractivity contribution is 1.02. The van der Waals surface area contributed by atoms with Crippen molar-refractivity contribution >= 4 is 32.5 Å². The van der Waals surface area contributed by atoms with E-state index in [0.717, 1.165) is 34.0 Å². The van der Waals surface area contributed by atoms with Crippen LogP contribution in [-0.2, 0) is 6.42 Å². The van der Waals surface area contributed by atoms with Crippen molar-refractivity contribution in [3.8, 4) is 0 Å². The topological polar surface area (TPSA) is 24.9 Å². The van der Waals surface area contributed by atoms with Crippen LogP contribution in [0.15, 0.2) is 65.3 Å². The van der Waals surface area contributed by atoms with E-state index in [-0.39, 0.29) is 0 Å². The van der Waals surface area contributed by atoms with E-state index in [0.29, 0.717) is 0 Å². The van der Waals surface area contributed by atoms with E-state index in [4.69, 9.17) is 0 Å². The van der Waals surface area contributed by atoms with Crippen LogP contribution in [0.3, 0.4) is 0 Å². The van der Waals surface area contributed by atoms with Crippen LogP contribution in [0.2, 0.25) is 0 Å². The first-order chi connectivity index (χ1) is 9.83. The maximum absolute atomic E-state index is 4.39. The molecule has 0 saturated heterocycles. The number of hydrogen-bond donors (Lipinski definition) is 1. The Morgan fingerprint density at radius 3 is 2.70 bits per heavy atom. The van der Waals surface area contributed by atoms with E-state index in [9.17, 15) is 0 Å². The van der Waals surface area contributed by atoms with Crippen molar-refractivity contribution in [1.82, 2.24) is 4.98 Å². The summed E-state index contributed by atoms with van der Waals surface area (Å²) in [4.78, 5) is 4.39. The summed E-state index contributed by atoms with van der Waals surface area (Å²) in [6, 6.07) is 18.7. The van der Waals surface area contributed by atoms with E-state index >= 15 is 0 Å². The standard InChI is InChI=1S/C17H15BrN2/c18-14-6-7-16-15(12-14)17(9-11-20-16)19-10-8-13-4-2-1-3-5-13/h1-7,9,11-12H,8,10H2,(H,19,20). The number of aromatic nitrogens is 1. The average molecular weight is 327 g/mol. The number of benzene rings is 2. The third-order valence-corrected chi connectivity index (χ3v) is 3.77. The Balaban J connectivity index is 1.76. The summed E-state index contributed by atoms with van der Waals surface area (Å²) >= 11 is 3.52. The molecular weight excluding hydrogens is 312 g/mol. The molecule has 0 amide bonds. The highest BCUT2D eigenvalue weighted by Crippen LogP contribution is 2.24. The van der Waals surface area contributed by atoms with Gasteiger partial charge < -0.3 is 5.32 Å². The number of pyridine rings is 1. The fourth-order valence-corrected chi connectivity index (χ4v) is 2.62. The molecule has 1 aromatic heterocycles. The van der Waals surface area contributed by atoms with Crippen LogP contribution in [0.25, 0.3) is 10.9 Å². The van der Waals surface area contributed by atoms with Gasteiger partial charge in [0.15, 0.2) is 0 Å². The maximum Gasteiger partial charge on any atom is 0.0723 e. The van der Waals surface area contributed by atoms with Crippen molar-refractivity contribution in [2.24, 2.45) is 0 Å². The number of rotatable bonds is 4. The van der Waals surface area contributed by atoms with Crippen LogP contribution in [0.1, 0.15) is 5.56 Å². The molecule has 2 nitrogen and oxygen atoms in total. The van der Waals surface area contributed by atoms with E-state index in [1.54, 1.807) is 0 Å². The Labute approximate surface area is 127 Å². The minimum absolute atomic E-state index is 0.912. The minimum atomic E-state index is 0.912. The first-order valence-electron chi connectivity index (χ1n) is 6.65. The second kappa shape index (κ2) is 6.06. The van der Waals surface area contributed by atoms with Gasteiger partial charge >= 0.3 is 0 Å². The van der Waals surface area contributed by atoms with Crippen LogP contribution >= 0.6 is 15.9 Å². The molecule has 3 aromatic rings. The van der Waals surface area contributed by atoms with Gasteiger partial charge in [-0.1, -0.05) is 46.3 Å². The summed E-state index contributed by atoms with van der Waals surface area (Å²) in [6.45, 7) is 0.912. The first-order valence-corrected chi connectivity index (χ1v) is 7.44. The van der Waals surface area contributed by atoms with Crippen LogP contribution in [0, 0.1) is 0 Å². The number of nitrogens with zero attached hydrogens (tertiary/aromatic N) is 1. The first kappa shape index (κ1) is 13.1. The van der Waals surface area contributed by atoms with Crippen molar-refractivity contribution in [1.29, 1.82) is 0 Å². The van der Waals surface area contributed by atoms with E-state index in [1.807, 2.05) is 30.5 Å². The lowest BCUT2D eigenvalue weighted by Crippen LogP contribution is -2.05. The van der Waals surface area contributed by atoms with Crippen molar-refractivity contribution in [2.75, 3.05) is 11.9 Å². The minimum Gasteiger partial charge on any atom is -0.384 e. The Kier molecular flexibility index (Phi) is 3.97. The molecule has 3 heteroatoms. The fraction of sp³-hybridized carbons (Fsp3) is 0.118. The summed E-state index contributed by atoms with van der Waals surface area (Å²) in [5.41, 5.74) is 3.49. The molecular formula is C17H15BrN2. The average Bonchev–Trinajstić information content (AvgIpc) is 2.49. The lowest BCUT2D eigenvalue weighted by atomic mass is 10.1. The highest BCUT2D eigenvalue weighted by molar-refractivity contribution is 9.10. The van der Waals surface area contributed by atoms with E-state index < -0.39 is 0 Å². The third-order valence-electron chi connectivity index (χ3n) is 3.28.